The van der Waals surface area contributed by atoms with Gasteiger partial charge < -0.3 is 15.1 Å². The summed E-state index contributed by atoms with van der Waals surface area (Å²) < 4.78 is 0. The Morgan fingerprint density at radius 1 is 1.04 bits per heavy atom. The molecule has 1 saturated heterocycles. The maximum atomic E-state index is 12.3. The minimum Gasteiger partial charge on any atom is -0.345 e. The quantitative estimate of drug-likeness (QED) is 0.605. The van der Waals surface area contributed by atoms with Crippen molar-refractivity contribution in [2.45, 2.75) is 57.9 Å². The summed E-state index contributed by atoms with van der Waals surface area (Å²) in [5, 5.41) is 2.72. The molecule has 0 aliphatic carbocycles. The molecule has 3 amide bonds. The van der Waals surface area contributed by atoms with E-state index in [1.54, 1.807) is 24.0 Å². The summed E-state index contributed by atoms with van der Waals surface area (Å²) in [6, 6.07) is -0.608. The van der Waals surface area contributed by atoms with Crippen molar-refractivity contribution in [3.05, 3.63) is 25.3 Å². The Balaban J connectivity index is 2.33. The zero-order valence-electron chi connectivity index (χ0n) is 16.0. The molecule has 1 atom stereocenters. The lowest BCUT2D eigenvalue weighted by atomic mass is 10.2. The van der Waals surface area contributed by atoms with Crippen molar-refractivity contribution in [2.75, 3.05) is 26.2 Å². The lowest BCUT2D eigenvalue weighted by Gasteiger charge is -2.24. The van der Waals surface area contributed by atoms with Crippen LogP contribution in [0, 0.1) is 0 Å². The van der Waals surface area contributed by atoms with Gasteiger partial charge in [0.15, 0.2) is 0 Å². The van der Waals surface area contributed by atoms with Gasteiger partial charge in [-0.1, -0.05) is 25.0 Å². The zero-order chi connectivity index (χ0) is 19.4. The van der Waals surface area contributed by atoms with E-state index in [2.05, 4.69) is 18.5 Å². The van der Waals surface area contributed by atoms with Crippen LogP contribution in [-0.2, 0) is 14.4 Å². The summed E-state index contributed by atoms with van der Waals surface area (Å²) in [4.78, 5) is 40.1. The van der Waals surface area contributed by atoms with Crippen LogP contribution in [0.15, 0.2) is 25.3 Å². The topological polar surface area (TPSA) is 69.7 Å². The average molecular weight is 364 g/mol. The summed E-state index contributed by atoms with van der Waals surface area (Å²) in [6.07, 6.45) is 8.93. The van der Waals surface area contributed by atoms with Crippen molar-refractivity contribution in [1.29, 1.82) is 0 Å². The van der Waals surface area contributed by atoms with Gasteiger partial charge in [0.05, 0.1) is 0 Å². The van der Waals surface area contributed by atoms with E-state index < -0.39 is 6.04 Å². The Bertz CT molecular complexity index is 487. The third kappa shape index (κ3) is 7.85. The van der Waals surface area contributed by atoms with Crippen LogP contribution in [0.4, 0.5) is 0 Å². The fraction of sp³-hybridized carbons (Fsp3) is 0.650. The molecule has 6 nitrogen and oxygen atoms in total. The molecule has 146 valence electrons. The average Bonchev–Trinajstić information content (AvgIpc) is 2.90. The molecule has 1 rings (SSSR count). The molecule has 1 N–H and O–H groups in total. The van der Waals surface area contributed by atoms with Gasteiger partial charge in [0.25, 0.3) is 0 Å². The second kappa shape index (κ2) is 12.3. The standard InChI is InChI=1S/C20H33N3O3/c1-4-13-23(14-5-2)20(26)17(3)21-18(24)11-10-12-19(25)22-15-8-6-7-9-16-22/h4-5,17H,1-2,6-16H2,3H3,(H,21,24). The summed E-state index contributed by atoms with van der Waals surface area (Å²) in [6.45, 7) is 11.4. The molecule has 1 aliphatic heterocycles. The van der Waals surface area contributed by atoms with Crippen LogP contribution in [0.2, 0.25) is 0 Å². The number of amides is 3. The number of nitrogens with one attached hydrogen (secondary N) is 1. The van der Waals surface area contributed by atoms with Crippen LogP contribution >= 0.6 is 0 Å². The van der Waals surface area contributed by atoms with Gasteiger partial charge in [-0.05, 0) is 26.2 Å². The van der Waals surface area contributed by atoms with Gasteiger partial charge in [0.2, 0.25) is 17.7 Å². The fourth-order valence-corrected chi connectivity index (χ4v) is 3.09. The molecule has 0 saturated carbocycles. The van der Waals surface area contributed by atoms with Crippen molar-refractivity contribution in [3.8, 4) is 0 Å². The molecule has 1 heterocycles. The number of likely N-dealkylation sites (tertiary alicyclic amines) is 1. The van der Waals surface area contributed by atoms with E-state index in [9.17, 15) is 14.4 Å². The highest BCUT2D eigenvalue weighted by Crippen LogP contribution is 2.12. The second-order valence-corrected chi connectivity index (χ2v) is 6.76. The molecule has 0 spiro atoms. The smallest absolute Gasteiger partial charge is 0.245 e. The predicted molar refractivity (Wildman–Crippen MR) is 103 cm³/mol. The van der Waals surface area contributed by atoms with Crippen LogP contribution in [0.25, 0.3) is 0 Å². The van der Waals surface area contributed by atoms with Crippen molar-refractivity contribution < 1.29 is 14.4 Å². The molecule has 0 aromatic heterocycles. The number of hydrogen-bond donors (Lipinski definition) is 1. The zero-order valence-corrected chi connectivity index (χ0v) is 16.0. The first kappa shape index (κ1) is 21.9. The number of hydrogen-bond acceptors (Lipinski definition) is 3. The third-order valence-electron chi connectivity index (χ3n) is 4.51. The lowest BCUT2D eigenvalue weighted by Crippen LogP contribution is -2.47. The Kier molecular flexibility index (Phi) is 10.4. The first-order valence-corrected chi connectivity index (χ1v) is 9.57. The van der Waals surface area contributed by atoms with Gasteiger partial charge >= 0.3 is 0 Å². The number of carbonyl (C=O) groups excluding carboxylic acids is 3. The van der Waals surface area contributed by atoms with Gasteiger partial charge in [-0.2, -0.15) is 0 Å². The monoisotopic (exact) mass is 363 g/mol. The normalized spacial score (nSPS) is 15.5. The van der Waals surface area contributed by atoms with Crippen molar-refractivity contribution in [3.63, 3.8) is 0 Å². The van der Waals surface area contributed by atoms with E-state index in [1.165, 1.54) is 12.8 Å². The highest BCUT2D eigenvalue weighted by molar-refractivity contribution is 5.87. The lowest BCUT2D eigenvalue weighted by molar-refractivity contribution is -0.135. The molecule has 26 heavy (non-hydrogen) atoms. The van der Waals surface area contributed by atoms with Crippen molar-refractivity contribution in [1.82, 2.24) is 15.1 Å². The maximum Gasteiger partial charge on any atom is 0.245 e. The van der Waals surface area contributed by atoms with E-state index in [0.717, 1.165) is 25.9 Å². The highest BCUT2D eigenvalue weighted by atomic mass is 16.2. The van der Waals surface area contributed by atoms with Crippen molar-refractivity contribution >= 4 is 17.7 Å². The number of rotatable bonds is 10. The maximum absolute atomic E-state index is 12.3. The van der Waals surface area contributed by atoms with Crippen LogP contribution < -0.4 is 5.32 Å². The fourth-order valence-electron chi connectivity index (χ4n) is 3.09. The Hall–Kier alpha value is -2.11. The minimum atomic E-state index is -0.608. The molecular formula is C20H33N3O3. The van der Waals surface area contributed by atoms with E-state index in [0.29, 0.717) is 25.9 Å². The van der Waals surface area contributed by atoms with Gasteiger partial charge in [0, 0.05) is 39.0 Å². The molecule has 1 aliphatic rings. The van der Waals surface area contributed by atoms with E-state index >= 15 is 0 Å². The summed E-state index contributed by atoms with van der Waals surface area (Å²) in [5.41, 5.74) is 0. The van der Waals surface area contributed by atoms with Gasteiger partial charge in [-0.15, -0.1) is 13.2 Å². The van der Waals surface area contributed by atoms with Crippen LogP contribution in [-0.4, -0.2) is 59.7 Å². The molecular weight excluding hydrogens is 330 g/mol. The van der Waals surface area contributed by atoms with E-state index in [1.807, 2.05) is 4.90 Å². The summed E-state index contributed by atoms with van der Waals surface area (Å²) in [7, 11) is 0. The van der Waals surface area contributed by atoms with Crippen LogP contribution in [0.5, 0.6) is 0 Å². The summed E-state index contributed by atoms with van der Waals surface area (Å²) in [5.74, 6) is -0.238. The molecule has 0 bridgehead atoms. The Morgan fingerprint density at radius 3 is 2.15 bits per heavy atom. The molecule has 0 aromatic rings. The first-order valence-electron chi connectivity index (χ1n) is 9.57. The number of carbonyl (C=O) groups is 3. The third-order valence-corrected chi connectivity index (χ3v) is 4.51. The van der Waals surface area contributed by atoms with Gasteiger partial charge in [-0.25, -0.2) is 0 Å². The molecule has 1 fully saturated rings. The second-order valence-electron chi connectivity index (χ2n) is 6.76. The van der Waals surface area contributed by atoms with E-state index in [-0.39, 0.29) is 24.1 Å². The largest absolute Gasteiger partial charge is 0.345 e. The first-order chi connectivity index (χ1) is 12.5. The van der Waals surface area contributed by atoms with Gasteiger partial charge in [-0.3, -0.25) is 14.4 Å². The Morgan fingerprint density at radius 2 is 1.62 bits per heavy atom. The highest BCUT2D eigenvalue weighted by Gasteiger charge is 2.21. The van der Waals surface area contributed by atoms with Gasteiger partial charge in [0.1, 0.15) is 6.04 Å². The predicted octanol–water partition coefficient (Wildman–Crippen LogP) is 2.26. The summed E-state index contributed by atoms with van der Waals surface area (Å²) >= 11 is 0. The SMILES string of the molecule is C=CCN(CC=C)C(=O)C(C)NC(=O)CCCC(=O)N1CCCCCC1. The molecule has 0 radical (unpaired) electrons. The minimum absolute atomic E-state index is 0.131. The van der Waals surface area contributed by atoms with Crippen LogP contribution in [0.3, 0.4) is 0 Å². The Labute approximate surface area is 157 Å². The molecule has 1 unspecified atom stereocenters. The van der Waals surface area contributed by atoms with Crippen LogP contribution in [0.1, 0.15) is 51.9 Å². The van der Waals surface area contributed by atoms with E-state index in [4.69, 9.17) is 0 Å². The molecule has 6 heteroatoms. The molecule has 0 aromatic carbocycles. The number of nitrogens with zero attached hydrogens (tertiary/aromatic N) is 2. The van der Waals surface area contributed by atoms with Crippen molar-refractivity contribution in [2.24, 2.45) is 0 Å².